The summed E-state index contributed by atoms with van der Waals surface area (Å²) in [5.41, 5.74) is 0. The summed E-state index contributed by atoms with van der Waals surface area (Å²) in [4.78, 5) is 0. The molecule has 13 heavy (non-hydrogen) atoms. The molecule has 0 aromatic heterocycles. The van der Waals surface area contributed by atoms with Gasteiger partial charge in [-0.15, -0.1) is 0 Å². The summed E-state index contributed by atoms with van der Waals surface area (Å²) in [6.07, 6.45) is 2.67. The van der Waals surface area contributed by atoms with E-state index in [0.29, 0.717) is 0 Å². The molecule has 0 spiro atoms. The van der Waals surface area contributed by atoms with Crippen molar-refractivity contribution in [2.75, 3.05) is 26.3 Å². The zero-order chi connectivity index (χ0) is 9.66. The first-order valence-electron chi connectivity index (χ1n) is 5.28. The molecule has 2 heterocycles. The fourth-order valence-electron chi connectivity index (χ4n) is 0.321. The van der Waals surface area contributed by atoms with Gasteiger partial charge in [-0.25, -0.2) is 0 Å². The molecule has 0 atom stereocenters. The summed E-state index contributed by atoms with van der Waals surface area (Å²) < 4.78 is 4.72. The van der Waals surface area contributed by atoms with E-state index in [2.05, 4.69) is 5.32 Å². The van der Waals surface area contributed by atoms with Crippen LogP contribution in [0.25, 0.3) is 0 Å². The molecular weight excluding hydrogens is 162 g/mol. The fraction of sp³-hybridized carbons (Fsp3) is 1.00. The van der Waals surface area contributed by atoms with E-state index < -0.39 is 0 Å². The minimum absolute atomic E-state index is 0. The molecule has 0 aliphatic carbocycles. The summed E-state index contributed by atoms with van der Waals surface area (Å²) in [7, 11) is 0. The van der Waals surface area contributed by atoms with E-state index in [-0.39, 0.29) is 7.43 Å². The fourth-order valence-corrected chi connectivity index (χ4v) is 0.321. The van der Waals surface area contributed by atoms with Gasteiger partial charge in [0.05, 0.1) is 0 Å². The van der Waals surface area contributed by atoms with Crippen molar-refractivity contribution in [2.45, 2.75) is 48.0 Å². The highest BCUT2D eigenvalue weighted by Gasteiger charge is 1.94. The van der Waals surface area contributed by atoms with Crippen molar-refractivity contribution in [1.29, 1.82) is 0 Å². The predicted octanol–water partition coefficient (Wildman–Crippen LogP) is 3.07. The van der Waals surface area contributed by atoms with Gasteiger partial charge in [-0.2, -0.15) is 0 Å². The zero-order valence-corrected chi connectivity index (χ0v) is 9.15. The van der Waals surface area contributed by atoms with Crippen LogP contribution >= 0.6 is 0 Å². The zero-order valence-electron chi connectivity index (χ0n) is 9.15. The Balaban J connectivity index is -0.000000107. The molecule has 84 valence electrons. The van der Waals surface area contributed by atoms with Gasteiger partial charge in [0.1, 0.15) is 0 Å². The van der Waals surface area contributed by atoms with Crippen LogP contribution in [0.1, 0.15) is 48.0 Å². The van der Waals surface area contributed by atoms with Gasteiger partial charge in [-0.05, 0) is 25.9 Å². The molecule has 2 aliphatic heterocycles. The molecule has 0 aromatic carbocycles. The molecule has 0 unspecified atom stereocenters. The molecule has 0 bridgehead atoms. The highest BCUT2D eigenvalue weighted by molar-refractivity contribution is 4.56. The molecule has 1 N–H and O–H groups in total. The van der Waals surface area contributed by atoms with Gasteiger partial charge in [0.2, 0.25) is 0 Å². The molecule has 2 fully saturated rings. The van der Waals surface area contributed by atoms with Crippen LogP contribution < -0.4 is 5.32 Å². The van der Waals surface area contributed by atoms with E-state index in [1.54, 1.807) is 0 Å². The molecule has 0 amide bonds. The Labute approximate surface area is 85.1 Å². The molecule has 2 rings (SSSR count). The highest BCUT2D eigenvalue weighted by Crippen LogP contribution is 1.93. The number of hydrogen-bond acceptors (Lipinski definition) is 2. The molecule has 2 nitrogen and oxygen atoms in total. The largest absolute Gasteiger partial charge is 0.381 e. The van der Waals surface area contributed by atoms with Crippen LogP contribution in [0, 0.1) is 0 Å². The lowest BCUT2D eigenvalue weighted by Gasteiger charge is -2.09. The third-order valence-corrected chi connectivity index (χ3v) is 1.28. The minimum atomic E-state index is 0. The predicted molar refractivity (Wildman–Crippen MR) is 62.3 cm³/mol. The second-order valence-electron chi connectivity index (χ2n) is 2.07. The van der Waals surface area contributed by atoms with E-state index in [1.807, 2.05) is 27.7 Å². The van der Waals surface area contributed by atoms with Crippen molar-refractivity contribution in [3.05, 3.63) is 0 Å². The second kappa shape index (κ2) is 22.7. The second-order valence-corrected chi connectivity index (χ2v) is 2.07. The SMILES string of the molecule is C.C1CNC1.C1COC1.CC.CC. The Bertz CT molecular complexity index is 34.1. The quantitative estimate of drug-likeness (QED) is 0.635. The lowest BCUT2D eigenvalue weighted by atomic mass is 10.3. The maximum atomic E-state index is 4.72. The van der Waals surface area contributed by atoms with Crippen LogP contribution in [0.15, 0.2) is 0 Å². The topological polar surface area (TPSA) is 21.3 Å². The van der Waals surface area contributed by atoms with Crippen LogP contribution in [0.2, 0.25) is 0 Å². The monoisotopic (exact) mass is 191 g/mol. The van der Waals surface area contributed by atoms with Crippen LogP contribution in [0.3, 0.4) is 0 Å². The Kier molecular flexibility index (Phi) is 32.5. The summed E-state index contributed by atoms with van der Waals surface area (Å²) in [5.74, 6) is 0. The number of rotatable bonds is 0. The van der Waals surface area contributed by atoms with Crippen molar-refractivity contribution in [1.82, 2.24) is 5.32 Å². The van der Waals surface area contributed by atoms with Gasteiger partial charge in [-0.1, -0.05) is 35.1 Å². The molecule has 0 aromatic rings. The Morgan fingerprint density at radius 3 is 1.00 bits per heavy atom. The molecular formula is C11H29NO. The Hall–Kier alpha value is -0.0800. The number of hydrogen-bond donors (Lipinski definition) is 1. The van der Waals surface area contributed by atoms with Crippen LogP contribution in [-0.2, 0) is 4.74 Å². The first kappa shape index (κ1) is 18.7. The summed E-state index contributed by atoms with van der Waals surface area (Å²) in [6, 6.07) is 0. The third-order valence-electron chi connectivity index (χ3n) is 1.28. The average molecular weight is 191 g/mol. The highest BCUT2D eigenvalue weighted by atomic mass is 16.5. The maximum Gasteiger partial charge on any atom is 0.0488 e. The van der Waals surface area contributed by atoms with Gasteiger partial charge >= 0.3 is 0 Å². The Morgan fingerprint density at radius 1 is 0.846 bits per heavy atom. The smallest absolute Gasteiger partial charge is 0.0488 e. The van der Waals surface area contributed by atoms with Gasteiger partial charge in [0.15, 0.2) is 0 Å². The normalized spacial score (nSPS) is 15.7. The van der Waals surface area contributed by atoms with Gasteiger partial charge in [0, 0.05) is 13.2 Å². The lowest BCUT2D eigenvalue weighted by Crippen LogP contribution is -2.29. The van der Waals surface area contributed by atoms with Gasteiger partial charge in [0.25, 0.3) is 0 Å². The van der Waals surface area contributed by atoms with Crippen LogP contribution in [0.5, 0.6) is 0 Å². The summed E-state index contributed by atoms with van der Waals surface area (Å²) >= 11 is 0. The molecule has 2 heteroatoms. The van der Waals surface area contributed by atoms with Gasteiger partial charge < -0.3 is 10.1 Å². The van der Waals surface area contributed by atoms with Crippen LogP contribution in [-0.4, -0.2) is 26.3 Å². The van der Waals surface area contributed by atoms with Crippen molar-refractivity contribution < 1.29 is 4.74 Å². The lowest BCUT2D eigenvalue weighted by molar-refractivity contribution is 0.0367. The maximum absolute atomic E-state index is 4.72. The first-order valence-corrected chi connectivity index (χ1v) is 5.28. The van der Waals surface area contributed by atoms with E-state index in [0.717, 1.165) is 13.2 Å². The molecule has 2 aliphatic rings. The van der Waals surface area contributed by atoms with E-state index in [4.69, 9.17) is 4.74 Å². The average Bonchev–Trinajstić information content (AvgIpc) is 1.88. The minimum Gasteiger partial charge on any atom is -0.381 e. The van der Waals surface area contributed by atoms with Crippen molar-refractivity contribution in [3.63, 3.8) is 0 Å². The molecule has 2 saturated heterocycles. The van der Waals surface area contributed by atoms with Gasteiger partial charge in [-0.3, -0.25) is 0 Å². The standard InChI is InChI=1S/C3H7N.C3H6O.2C2H6.CH4/c2*1-2-4-3-1;2*1-2;/h4H,1-3H2;1-3H2;2*1-2H3;1H4. The first-order chi connectivity index (χ1) is 6.00. The van der Waals surface area contributed by atoms with Crippen molar-refractivity contribution >= 4 is 0 Å². The van der Waals surface area contributed by atoms with E-state index >= 15 is 0 Å². The third kappa shape index (κ3) is 18.7. The van der Waals surface area contributed by atoms with E-state index in [9.17, 15) is 0 Å². The number of ether oxygens (including phenoxy) is 1. The molecule has 0 radical (unpaired) electrons. The van der Waals surface area contributed by atoms with E-state index in [1.165, 1.54) is 25.9 Å². The summed E-state index contributed by atoms with van der Waals surface area (Å²) in [6.45, 7) is 12.5. The summed E-state index contributed by atoms with van der Waals surface area (Å²) in [5, 5.41) is 3.11. The van der Waals surface area contributed by atoms with Crippen molar-refractivity contribution in [3.8, 4) is 0 Å². The van der Waals surface area contributed by atoms with Crippen molar-refractivity contribution in [2.24, 2.45) is 0 Å². The molecule has 0 saturated carbocycles. The Morgan fingerprint density at radius 2 is 1.00 bits per heavy atom. The number of nitrogens with one attached hydrogen (secondary N) is 1. The van der Waals surface area contributed by atoms with Crippen LogP contribution in [0.4, 0.5) is 0 Å².